The van der Waals surface area contributed by atoms with Gasteiger partial charge in [0.25, 0.3) is 11.8 Å². The molecule has 6 nitrogen and oxygen atoms in total. The molecule has 3 N–H and O–H groups in total. The Balaban J connectivity index is 1.46. The molecule has 45 heavy (non-hydrogen) atoms. The van der Waals surface area contributed by atoms with Crippen LogP contribution in [0.5, 0.6) is 0 Å². The van der Waals surface area contributed by atoms with E-state index in [4.69, 9.17) is 34.8 Å². The zero-order valence-corrected chi connectivity index (χ0v) is 26.3. The number of alkyl halides is 3. The average molecular weight is 693 g/mol. The lowest BCUT2D eigenvalue weighted by Gasteiger charge is -2.17. The van der Waals surface area contributed by atoms with E-state index in [1.54, 1.807) is 79.7 Å². The lowest BCUT2D eigenvalue weighted by atomic mass is 10.1. The standard InChI is InChI=1S/C32H23Cl3F3N3O3S/c1-18(29(42)40-27-15-10-20(33)16-24(27)32(36,37)38)45-22-13-11-21(12-14-22)39-31(44)28(17-23-25(34)8-5-9-26(23)35)41-30(43)19-6-3-2-4-7-19/h2-18H,1H3,(H,39,44)(H,40,42)(H,41,43)/b28-17-. The van der Waals surface area contributed by atoms with Crippen LogP contribution in [0.4, 0.5) is 24.5 Å². The topological polar surface area (TPSA) is 87.3 Å². The van der Waals surface area contributed by atoms with Crippen molar-refractivity contribution in [2.24, 2.45) is 0 Å². The molecule has 0 aromatic heterocycles. The third-order valence-corrected chi connectivity index (χ3v) is 8.16. The summed E-state index contributed by atoms with van der Waals surface area (Å²) in [6.07, 6.45) is -3.33. The van der Waals surface area contributed by atoms with Crippen LogP contribution in [0, 0.1) is 0 Å². The zero-order valence-electron chi connectivity index (χ0n) is 23.2. The van der Waals surface area contributed by atoms with E-state index in [1.807, 2.05) is 0 Å². The van der Waals surface area contributed by atoms with Crippen LogP contribution in [0.2, 0.25) is 15.1 Å². The Morgan fingerprint density at radius 1 is 0.822 bits per heavy atom. The number of thioether (sulfide) groups is 1. The molecular formula is C32H23Cl3F3N3O3S. The average Bonchev–Trinajstić information content (AvgIpc) is 3.00. The summed E-state index contributed by atoms with van der Waals surface area (Å²) >= 11 is 19.4. The van der Waals surface area contributed by atoms with E-state index in [9.17, 15) is 27.6 Å². The summed E-state index contributed by atoms with van der Waals surface area (Å²) in [6, 6.07) is 22.7. The SMILES string of the molecule is CC(Sc1ccc(NC(=O)/C(=C/c2c(Cl)cccc2Cl)NC(=O)c2ccccc2)cc1)C(=O)Nc1ccc(Cl)cc1C(F)(F)F. The lowest BCUT2D eigenvalue weighted by Crippen LogP contribution is -2.30. The summed E-state index contributed by atoms with van der Waals surface area (Å²) in [4.78, 5) is 39.5. The molecule has 3 amide bonds. The van der Waals surface area contributed by atoms with Gasteiger partial charge < -0.3 is 16.0 Å². The Morgan fingerprint density at radius 3 is 2.09 bits per heavy atom. The van der Waals surface area contributed by atoms with Crippen LogP contribution in [0.25, 0.3) is 6.08 Å². The molecule has 0 aliphatic carbocycles. The highest BCUT2D eigenvalue weighted by Crippen LogP contribution is 2.37. The van der Waals surface area contributed by atoms with Gasteiger partial charge in [0.2, 0.25) is 5.91 Å². The van der Waals surface area contributed by atoms with Crippen molar-refractivity contribution < 1.29 is 27.6 Å². The molecule has 0 heterocycles. The first-order valence-electron chi connectivity index (χ1n) is 13.1. The first-order chi connectivity index (χ1) is 21.3. The van der Waals surface area contributed by atoms with E-state index < -0.39 is 40.4 Å². The van der Waals surface area contributed by atoms with Crippen molar-refractivity contribution in [3.8, 4) is 0 Å². The fraction of sp³-hybridized carbons (Fsp3) is 0.0938. The van der Waals surface area contributed by atoms with Crippen LogP contribution >= 0.6 is 46.6 Å². The largest absolute Gasteiger partial charge is 0.418 e. The van der Waals surface area contributed by atoms with Crippen molar-refractivity contribution in [2.45, 2.75) is 23.2 Å². The van der Waals surface area contributed by atoms with E-state index >= 15 is 0 Å². The van der Waals surface area contributed by atoms with E-state index in [2.05, 4.69) is 16.0 Å². The molecule has 4 aromatic rings. The Bertz CT molecular complexity index is 1730. The van der Waals surface area contributed by atoms with Crippen molar-refractivity contribution in [1.82, 2.24) is 5.32 Å². The van der Waals surface area contributed by atoms with Gasteiger partial charge in [-0.1, -0.05) is 59.1 Å². The predicted molar refractivity (Wildman–Crippen MR) is 174 cm³/mol. The quantitative estimate of drug-likeness (QED) is 0.121. The van der Waals surface area contributed by atoms with E-state index in [0.29, 0.717) is 21.7 Å². The summed E-state index contributed by atoms with van der Waals surface area (Å²) in [7, 11) is 0. The van der Waals surface area contributed by atoms with Crippen LogP contribution in [0.3, 0.4) is 0 Å². The second kappa shape index (κ2) is 14.9. The van der Waals surface area contributed by atoms with Crippen LogP contribution in [0.15, 0.2) is 102 Å². The molecule has 0 bridgehead atoms. The van der Waals surface area contributed by atoms with Gasteiger partial charge >= 0.3 is 6.18 Å². The first-order valence-corrected chi connectivity index (χ1v) is 15.1. The number of amides is 3. The molecule has 13 heteroatoms. The maximum Gasteiger partial charge on any atom is 0.418 e. The van der Waals surface area contributed by atoms with Crippen molar-refractivity contribution in [3.63, 3.8) is 0 Å². The molecule has 0 saturated carbocycles. The predicted octanol–water partition coefficient (Wildman–Crippen LogP) is 9.19. The molecule has 0 aliphatic heterocycles. The highest BCUT2D eigenvalue weighted by atomic mass is 35.5. The first kappa shape index (κ1) is 33.9. The molecule has 0 aliphatic rings. The molecule has 1 unspecified atom stereocenters. The van der Waals surface area contributed by atoms with Crippen LogP contribution < -0.4 is 16.0 Å². The molecule has 0 fully saturated rings. The molecular weight excluding hydrogens is 670 g/mol. The number of halogens is 6. The number of nitrogens with one attached hydrogen (secondary N) is 3. The van der Waals surface area contributed by atoms with Gasteiger partial charge in [0.15, 0.2) is 0 Å². The van der Waals surface area contributed by atoms with Gasteiger partial charge in [-0.25, -0.2) is 0 Å². The smallest absolute Gasteiger partial charge is 0.325 e. The van der Waals surface area contributed by atoms with Gasteiger partial charge in [-0.2, -0.15) is 13.2 Å². The number of hydrogen-bond donors (Lipinski definition) is 3. The molecule has 4 rings (SSSR count). The van der Waals surface area contributed by atoms with Gasteiger partial charge in [-0.15, -0.1) is 11.8 Å². The van der Waals surface area contributed by atoms with Crippen molar-refractivity contribution in [1.29, 1.82) is 0 Å². The molecule has 0 spiro atoms. The fourth-order valence-electron chi connectivity index (χ4n) is 3.90. The molecule has 1 atom stereocenters. The van der Waals surface area contributed by atoms with Crippen LogP contribution in [0.1, 0.15) is 28.4 Å². The normalized spacial score (nSPS) is 12.3. The zero-order chi connectivity index (χ0) is 32.7. The number of benzene rings is 4. The monoisotopic (exact) mass is 691 g/mol. The fourth-order valence-corrected chi connectivity index (χ4v) is 5.45. The van der Waals surface area contributed by atoms with Crippen molar-refractivity contribution >= 4 is 81.7 Å². The summed E-state index contributed by atoms with van der Waals surface area (Å²) in [6.45, 7) is 1.55. The summed E-state index contributed by atoms with van der Waals surface area (Å²) in [5, 5.41) is 7.29. The molecule has 0 radical (unpaired) electrons. The number of carbonyl (C=O) groups is 3. The minimum absolute atomic E-state index is 0.108. The molecule has 4 aromatic carbocycles. The number of anilines is 2. The Morgan fingerprint density at radius 2 is 1.47 bits per heavy atom. The van der Waals surface area contributed by atoms with Gasteiger partial charge in [0, 0.05) is 36.8 Å². The molecule has 0 saturated heterocycles. The van der Waals surface area contributed by atoms with Gasteiger partial charge in [-0.3, -0.25) is 14.4 Å². The number of rotatable bonds is 9. The van der Waals surface area contributed by atoms with Gasteiger partial charge in [0.1, 0.15) is 5.70 Å². The second-order valence-corrected chi connectivity index (χ2v) is 12.1. The number of hydrogen-bond acceptors (Lipinski definition) is 4. The maximum atomic E-state index is 13.4. The van der Waals surface area contributed by atoms with Crippen LogP contribution in [-0.4, -0.2) is 23.0 Å². The molecule has 232 valence electrons. The highest BCUT2D eigenvalue weighted by molar-refractivity contribution is 8.00. The van der Waals surface area contributed by atoms with Crippen molar-refractivity contribution in [3.05, 3.63) is 128 Å². The summed E-state index contributed by atoms with van der Waals surface area (Å²) in [5.74, 6) is -1.83. The Labute approximate surface area is 275 Å². The van der Waals surface area contributed by atoms with E-state index in [-0.39, 0.29) is 20.8 Å². The highest BCUT2D eigenvalue weighted by Gasteiger charge is 2.34. The summed E-state index contributed by atoms with van der Waals surface area (Å²) < 4.78 is 40.2. The minimum Gasteiger partial charge on any atom is -0.325 e. The van der Waals surface area contributed by atoms with E-state index in [0.717, 1.165) is 23.9 Å². The maximum absolute atomic E-state index is 13.4. The van der Waals surface area contributed by atoms with E-state index in [1.165, 1.54) is 12.1 Å². The van der Waals surface area contributed by atoms with Gasteiger partial charge in [-0.05, 0) is 79.7 Å². The third-order valence-electron chi connectivity index (χ3n) is 6.16. The number of carbonyl (C=O) groups excluding carboxylic acids is 3. The minimum atomic E-state index is -4.71. The van der Waals surface area contributed by atoms with Gasteiger partial charge in [0.05, 0.1) is 16.5 Å². The lowest BCUT2D eigenvalue weighted by molar-refractivity contribution is -0.137. The third kappa shape index (κ3) is 9.27. The summed E-state index contributed by atoms with van der Waals surface area (Å²) in [5.41, 5.74) is -0.550. The van der Waals surface area contributed by atoms with Crippen LogP contribution in [-0.2, 0) is 15.8 Å². The Kier molecular flexibility index (Phi) is 11.2. The Hall–Kier alpha value is -3.96. The van der Waals surface area contributed by atoms with Crippen molar-refractivity contribution in [2.75, 3.05) is 10.6 Å². The second-order valence-electron chi connectivity index (χ2n) is 9.43.